The van der Waals surface area contributed by atoms with E-state index >= 15 is 0 Å². The molecule has 1 aliphatic rings. The largest absolute Gasteiger partial charge is 0.368 e. The standard InChI is InChI=1S/C13H28N4O3S/c1-4-6-15-13(2,12(14)18)5-7-16-8-10-17(11-9-16)21(3,19)20/h15H,4-11H2,1-3H3,(H2,14,18). The van der Waals surface area contributed by atoms with Crippen molar-refractivity contribution in [1.29, 1.82) is 0 Å². The van der Waals surface area contributed by atoms with Gasteiger partial charge < -0.3 is 16.0 Å². The molecule has 1 amide bonds. The van der Waals surface area contributed by atoms with Crippen LogP contribution in [0.1, 0.15) is 26.7 Å². The summed E-state index contributed by atoms with van der Waals surface area (Å²) in [5.41, 5.74) is 4.79. The summed E-state index contributed by atoms with van der Waals surface area (Å²) >= 11 is 0. The van der Waals surface area contributed by atoms with Gasteiger partial charge in [-0.2, -0.15) is 4.31 Å². The van der Waals surface area contributed by atoms with Crippen LogP contribution in [0.3, 0.4) is 0 Å². The maximum atomic E-state index is 11.6. The summed E-state index contributed by atoms with van der Waals surface area (Å²) in [6, 6.07) is 0. The van der Waals surface area contributed by atoms with Crippen molar-refractivity contribution < 1.29 is 13.2 Å². The Morgan fingerprint density at radius 3 is 2.29 bits per heavy atom. The normalized spacial score (nSPS) is 21.1. The summed E-state index contributed by atoms with van der Waals surface area (Å²) in [6.45, 7) is 7.75. The number of nitrogens with one attached hydrogen (secondary N) is 1. The molecule has 1 saturated heterocycles. The predicted octanol–water partition coefficient (Wildman–Crippen LogP) is -0.803. The Balaban J connectivity index is 2.46. The number of amides is 1. The van der Waals surface area contributed by atoms with E-state index in [0.717, 1.165) is 19.5 Å². The van der Waals surface area contributed by atoms with Gasteiger partial charge in [0.15, 0.2) is 0 Å². The van der Waals surface area contributed by atoms with Gasteiger partial charge in [-0.15, -0.1) is 0 Å². The average Bonchev–Trinajstić information content (AvgIpc) is 2.42. The van der Waals surface area contributed by atoms with E-state index in [4.69, 9.17) is 5.73 Å². The van der Waals surface area contributed by atoms with Crippen LogP contribution in [0.2, 0.25) is 0 Å². The molecule has 1 unspecified atom stereocenters. The van der Waals surface area contributed by atoms with E-state index in [-0.39, 0.29) is 5.91 Å². The van der Waals surface area contributed by atoms with Crippen LogP contribution in [0.5, 0.6) is 0 Å². The first-order valence-electron chi connectivity index (χ1n) is 7.41. The quantitative estimate of drug-likeness (QED) is 0.610. The number of rotatable bonds is 8. The van der Waals surface area contributed by atoms with Gasteiger partial charge in [-0.05, 0) is 26.3 Å². The summed E-state index contributed by atoms with van der Waals surface area (Å²) in [5.74, 6) is -0.342. The maximum absolute atomic E-state index is 11.6. The number of piperazine rings is 1. The van der Waals surface area contributed by atoms with Crippen molar-refractivity contribution in [3.8, 4) is 0 Å². The van der Waals surface area contributed by atoms with Crippen molar-refractivity contribution in [2.75, 3.05) is 45.5 Å². The molecule has 1 heterocycles. The lowest BCUT2D eigenvalue weighted by Gasteiger charge is -2.35. The van der Waals surface area contributed by atoms with Gasteiger partial charge in [0.25, 0.3) is 0 Å². The number of nitrogens with two attached hydrogens (primary N) is 1. The van der Waals surface area contributed by atoms with Crippen LogP contribution in [0.15, 0.2) is 0 Å². The van der Waals surface area contributed by atoms with E-state index in [0.29, 0.717) is 32.6 Å². The zero-order chi connectivity index (χ0) is 16.1. The summed E-state index contributed by atoms with van der Waals surface area (Å²) in [7, 11) is -3.10. The predicted molar refractivity (Wildman–Crippen MR) is 83.4 cm³/mol. The second-order valence-corrected chi connectivity index (χ2v) is 7.86. The van der Waals surface area contributed by atoms with Crippen molar-refractivity contribution in [1.82, 2.24) is 14.5 Å². The number of hydrogen-bond donors (Lipinski definition) is 2. The molecule has 3 N–H and O–H groups in total. The van der Waals surface area contributed by atoms with Crippen molar-refractivity contribution in [2.45, 2.75) is 32.2 Å². The van der Waals surface area contributed by atoms with Crippen molar-refractivity contribution in [3.05, 3.63) is 0 Å². The molecule has 0 radical (unpaired) electrons. The van der Waals surface area contributed by atoms with Gasteiger partial charge in [-0.3, -0.25) is 4.79 Å². The van der Waals surface area contributed by atoms with Crippen LogP contribution in [0, 0.1) is 0 Å². The van der Waals surface area contributed by atoms with E-state index in [1.165, 1.54) is 10.6 Å². The van der Waals surface area contributed by atoms with Crippen LogP contribution in [-0.4, -0.2) is 74.6 Å². The Bertz CT molecular complexity index is 446. The molecular formula is C13H28N4O3S. The molecule has 0 bridgehead atoms. The summed E-state index contributed by atoms with van der Waals surface area (Å²) < 4.78 is 24.4. The molecule has 0 aromatic rings. The highest BCUT2D eigenvalue weighted by atomic mass is 32.2. The second-order valence-electron chi connectivity index (χ2n) is 5.88. The molecule has 0 saturated carbocycles. The first-order valence-corrected chi connectivity index (χ1v) is 9.26. The van der Waals surface area contributed by atoms with E-state index in [9.17, 15) is 13.2 Å². The van der Waals surface area contributed by atoms with Crippen LogP contribution < -0.4 is 11.1 Å². The Kier molecular flexibility index (Phi) is 6.58. The van der Waals surface area contributed by atoms with Gasteiger partial charge in [0.1, 0.15) is 0 Å². The lowest BCUT2D eigenvalue weighted by molar-refractivity contribution is -0.124. The molecule has 124 valence electrons. The monoisotopic (exact) mass is 320 g/mol. The number of hydrogen-bond acceptors (Lipinski definition) is 5. The minimum atomic E-state index is -3.10. The molecule has 0 aliphatic carbocycles. The molecule has 21 heavy (non-hydrogen) atoms. The Hall–Kier alpha value is -0.700. The fraction of sp³-hybridized carbons (Fsp3) is 0.923. The Morgan fingerprint density at radius 2 is 1.86 bits per heavy atom. The van der Waals surface area contributed by atoms with Gasteiger partial charge in [0.05, 0.1) is 11.8 Å². The van der Waals surface area contributed by atoms with Gasteiger partial charge >= 0.3 is 0 Å². The van der Waals surface area contributed by atoms with Gasteiger partial charge in [0.2, 0.25) is 15.9 Å². The number of carbonyl (C=O) groups is 1. The van der Waals surface area contributed by atoms with Gasteiger partial charge in [-0.1, -0.05) is 6.92 Å². The van der Waals surface area contributed by atoms with Crippen LogP contribution in [0.4, 0.5) is 0 Å². The number of primary amides is 1. The molecule has 1 aliphatic heterocycles. The third kappa shape index (κ3) is 5.54. The molecule has 1 atom stereocenters. The first kappa shape index (κ1) is 18.3. The van der Waals surface area contributed by atoms with E-state index in [1.54, 1.807) is 0 Å². The molecule has 7 nitrogen and oxygen atoms in total. The molecular weight excluding hydrogens is 292 g/mol. The maximum Gasteiger partial charge on any atom is 0.237 e. The summed E-state index contributed by atoms with van der Waals surface area (Å²) in [6.07, 6.45) is 2.80. The Morgan fingerprint density at radius 1 is 1.29 bits per heavy atom. The third-order valence-corrected chi connectivity index (χ3v) is 5.34. The minimum absolute atomic E-state index is 0.342. The lowest BCUT2D eigenvalue weighted by atomic mass is 9.96. The highest BCUT2D eigenvalue weighted by Gasteiger charge is 2.31. The van der Waals surface area contributed by atoms with E-state index in [2.05, 4.69) is 10.2 Å². The molecule has 0 aromatic carbocycles. The second kappa shape index (κ2) is 7.53. The number of nitrogens with zero attached hydrogens (tertiary/aromatic N) is 2. The Labute approximate surface area is 127 Å². The third-order valence-electron chi connectivity index (χ3n) is 4.04. The summed E-state index contributed by atoms with van der Waals surface area (Å²) in [5, 5.41) is 3.21. The number of carbonyl (C=O) groups excluding carboxylic acids is 1. The SMILES string of the molecule is CCCNC(C)(CCN1CCN(S(C)(=O)=O)CC1)C(N)=O. The van der Waals surface area contributed by atoms with Crippen LogP contribution in [0.25, 0.3) is 0 Å². The highest BCUT2D eigenvalue weighted by Crippen LogP contribution is 2.13. The van der Waals surface area contributed by atoms with Crippen LogP contribution in [-0.2, 0) is 14.8 Å². The van der Waals surface area contributed by atoms with E-state index in [1.807, 2.05) is 13.8 Å². The zero-order valence-electron chi connectivity index (χ0n) is 13.3. The van der Waals surface area contributed by atoms with Gasteiger partial charge in [0, 0.05) is 32.7 Å². The number of sulfonamides is 1. The van der Waals surface area contributed by atoms with Crippen molar-refractivity contribution >= 4 is 15.9 Å². The molecule has 8 heteroatoms. The van der Waals surface area contributed by atoms with Crippen LogP contribution >= 0.6 is 0 Å². The highest BCUT2D eigenvalue weighted by molar-refractivity contribution is 7.88. The first-order chi connectivity index (χ1) is 9.69. The smallest absolute Gasteiger partial charge is 0.237 e. The molecule has 1 rings (SSSR count). The lowest BCUT2D eigenvalue weighted by Crippen LogP contribution is -2.56. The summed E-state index contributed by atoms with van der Waals surface area (Å²) in [4.78, 5) is 13.8. The van der Waals surface area contributed by atoms with E-state index < -0.39 is 15.6 Å². The molecule has 1 fully saturated rings. The average molecular weight is 320 g/mol. The van der Waals surface area contributed by atoms with Crippen molar-refractivity contribution in [3.63, 3.8) is 0 Å². The fourth-order valence-corrected chi connectivity index (χ4v) is 3.19. The molecule has 0 spiro atoms. The minimum Gasteiger partial charge on any atom is -0.368 e. The van der Waals surface area contributed by atoms with Gasteiger partial charge in [-0.25, -0.2) is 8.42 Å². The topological polar surface area (TPSA) is 95.7 Å². The fourth-order valence-electron chi connectivity index (χ4n) is 2.37. The zero-order valence-corrected chi connectivity index (χ0v) is 14.1. The van der Waals surface area contributed by atoms with Crippen molar-refractivity contribution in [2.24, 2.45) is 5.73 Å². The molecule has 0 aromatic heterocycles.